The molecule has 0 saturated heterocycles. The van der Waals surface area contributed by atoms with Gasteiger partial charge in [-0.2, -0.15) is 0 Å². The minimum Gasteiger partial charge on any atom is -0.508 e. The molecule has 4 aliphatic rings. The maximum Gasteiger partial charge on any atom is 0.203 e. The molecule has 0 aliphatic heterocycles. The van der Waals surface area contributed by atoms with Crippen molar-refractivity contribution in [2.45, 2.75) is 65.6 Å². The summed E-state index contributed by atoms with van der Waals surface area (Å²) in [5.74, 6) is -7.16. The van der Waals surface area contributed by atoms with Crippen molar-refractivity contribution in [2.24, 2.45) is 22.7 Å². The zero-order chi connectivity index (χ0) is 29.0. The van der Waals surface area contributed by atoms with E-state index in [4.69, 9.17) is 0 Å². The van der Waals surface area contributed by atoms with E-state index in [9.17, 15) is 39.9 Å². The van der Waals surface area contributed by atoms with Crippen LogP contribution < -0.4 is 0 Å². The average molecular weight is 535 g/mol. The third-order valence-corrected chi connectivity index (χ3v) is 9.93. The summed E-state index contributed by atoms with van der Waals surface area (Å²) in [4.78, 5) is 40.6. The van der Waals surface area contributed by atoms with Gasteiger partial charge in [-0.05, 0) is 47.9 Å². The molecule has 0 amide bonds. The normalized spacial score (nSPS) is 35.7. The Balaban J connectivity index is 1.91. The van der Waals surface area contributed by atoms with E-state index in [2.05, 4.69) is 0 Å². The lowest BCUT2D eigenvalue weighted by molar-refractivity contribution is -0.215. The Bertz CT molecular complexity index is 1490. The van der Waals surface area contributed by atoms with E-state index in [0.717, 1.165) is 18.1 Å². The van der Waals surface area contributed by atoms with E-state index in [1.54, 1.807) is 33.8 Å². The van der Waals surface area contributed by atoms with Gasteiger partial charge in [-0.25, -0.2) is 0 Å². The smallest absolute Gasteiger partial charge is 0.203 e. The second kappa shape index (κ2) is 8.26. The Kier molecular flexibility index (Phi) is 5.74. The molecule has 1 fully saturated rings. The molecule has 1 unspecified atom stereocenters. The Hall–Kier alpha value is -3.49. The van der Waals surface area contributed by atoms with Gasteiger partial charge in [0.1, 0.15) is 22.8 Å². The Labute approximate surface area is 226 Å². The number of fused-ring (bicyclic) bond motifs is 3. The van der Waals surface area contributed by atoms with Crippen LogP contribution in [0, 0.1) is 22.7 Å². The van der Waals surface area contributed by atoms with Crippen molar-refractivity contribution in [2.75, 3.05) is 0 Å². The predicted octanol–water partition coefficient (Wildman–Crippen LogP) is 4.07. The second-order valence-corrected chi connectivity index (χ2v) is 12.1. The Morgan fingerprint density at radius 3 is 2.28 bits per heavy atom. The molecular formula is C31H34O8. The monoisotopic (exact) mass is 534 g/mol. The molecule has 1 aromatic carbocycles. The van der Waals surface area contributed by atoms with Gasteiger partial charge in [0, 0.05) is 16.7 Å². The number of aliphatic hydroxyl groups is 4. The molecule has 8 nitrogen and oxygen atoms in total. The quantitative estimate of drug-likeness (QED) is 0.364. The van der Waals surface area contributed by atoms with Crippen LogP contribution in [-0.2, 0) is 14.4 Å². The number of allylic oxidation sites excluding steroid dienone is 5. The topological polar surface area (TPSA) is 152 Å². The van der Waals surface area contributed by atoms with E-state index in [1.807, 2.05) is 18.2 Å². The first-order valence-corrected chi connectivity index (χ1v) is 13.2. The van der Waals surface area contributed by atoms with Crippen LogP contribution in [0.5, 0.6) is 5.75 Å². The summed E-state index contributed by atoms with van der Waals surface area (Å²) in [7, 11) is 0. The summed E-state index contributed by atoms with van der Waals surface area (Å²) in [5, 5.41) is 58.3. The van der Waals surface area contributed by atoms with Crippen LogP contribution in [0.1, 0.15) is 70.6 Å². The Morgan fingerprint density at radius 1 is 1.10 bits per heavy atom. The SMILES string of the molecule is CC(=O)C1=C(O)[C@]2(O)C(=O)C3=C(O)c4c(O)ccc(C5=CC=CC5)c4[C@@H](C)[C@]3(C)[C@@H](O)[C@]2(C)C(C(C)C)C1=O. The van der Waals surface area contributed by atoms with Crippen LogP contribution >= 0.6 is 0 Å². The standard InChI is InChI=1S/C31H34O8/c1-13(2)22-24(34)20(15(4)32)26(36)31(39)27(37)23-25(35)21-18(33)12-11-17(16-9-7-8-10-16)19(21)14(3)29(23,5)28(38)30(22,31)6/h7-9,11-14,22,28,33,35-36,38-39H,10H2,1-6H3/t14-,22?,28-,29+,30+,31+/m1/s1. The number of hydrogen-bond donors (Lipinski definition) is 5. The zero-order valence-electron chi connectivity index (χ0n) is 22.9. The highest BCUT2D eigenvalue weighted by molar-refractivity contribution is 6.24. The van der Waals surface area contributed by atoms with Crippen LogP contribution in [-0.4, -0.2) is 54.6 Å². The molecule has 8 heteroatoms. The summed E-state index contributed by atoms with van der Waals surface area (Å²) < 4.78 is 0. The van der Waals surface area contributed by atoms with Gasteiger partial charge in [-0.15, -0.1) is 0 Å². The minimum absolute atomic E-state index is 0.00980. The predicted molar refractivity (Wildman–Crippen MR) is 144 cm³/mol. The highest BCUT2D eigenvalue weighted by Crippen LogP contribution is 2.68. The maximum absolute atomic E-state index is 14.4. The molecule has 206 valence electrons. The number of hydrogen-bond acceptors (Lipinski definition) is 8. The zero-order valence-corrected chi connectivity index (χ0v) is 22.9. The van der Waals surface area contributed by atoms with Crippen molar-refractivity contribution in [3.8, 4) is 5.75 Å². The molecule has 0 heterocycles. The van der Waals surface area contributed by atoms with Crippen molar-refractivity contribution >= 4 is 28.7 Å². The van der Waals surface area contributed by atoms with Crippen molar-refractivity contribution < 1.29 is 39.9 Å². The number of ketones is 3. The Morgan fingerprint density at radius 2 is 1.74 bits per heavy atom. The molecule has 0 radical (unpaired) electrons. The largest absolute Gasteiger partial charge is 0.508 e. The first-order valence-electron chi connectivity index (χ1n) is 13.2. The van der Waals surface area contributed by atoms with Crippen molar-refractivity contribution in [1.82, 2.24) is 0 Å². The highest BCUT2D eigenvalue weighted by atomic mass is 16.4. The van der Waals surface area contributed by atoms with Crippen LogP contribution in [0.25, 0.3) is 11.3 Å². The van der Waals surface area contributed by atoms with E-state index in [-0.39, 0.29) is 16.9 Å². The number of rotatable bonds is 3. The van der Waals surface area contributed by atoms with Crippen LogP contribution in [0.15, 0.2) is 47.3 Å². The summed E-state index contributed by atoms with van der Waals surface area (Å²) in [5.41, 5.74) is -5.25. The van der Waals surface area contributed by atoms with Gasteiger partial charge in [0.2, 0.25) is 5.78 Å². The summed E-state index contributed by atoms with van der Waals surface area (Å²) in [6, 6.07) is 3.15. The number of aliphatic hydroxyl groups excluding tert-OH is 3. The van der Waals surface area contributed by atoms with Crippen LogP contribution in [0.4, 0.5) is 0 Å². The van der Waals surface area contributed by atoms with Gasteiger partial charge in [0.25, 0.3) is 0 Å². The van der Waals surface area contributed by atoms with Gasteiger partial charge in [0.05, 0.1) is 17.2 Å². The fraction of sp³-hybridized carbons (Fsp3) is 0.452. The number of carbonyl (C=O) groups excluding carboxylic acids is 3. The number of benzene rings is 1. The molecule has 5 rings (SSSR count). The molecule has 0 bridgehead atoms. The first kappa shape index (κ1) is 27.1. The summed E-state index contributed by atoms with van der Waals surface area (Å²) in [6.07, 6.45) is 4.75. The fourth-order valence-corrected chi connectivity index (χ4v) is 7.92. The molecular weight excluding hydrogens is 500 g/mol. The molecule has 6 atom stereocenters. The molecule has 39 heavy (non-hydrogen) atoms. The number of phenolic OH excluding ortho intramolecular Hbond substituents is 1. The molecule has 4 aliphatic carbocycles. The van der Waals surface area contributed by atoms with Crippen molar-refractivity contribution in [1.29, 1.82) is 0 Å². The lowest BCUT2D eigenvalue weighted by atomic mass is 9.40. The minimum atomic E-state index is -2.89. The van der Waals surface area contributed by atoms with Gasteiger partial charge in [0.15, 0.2) is 17.2 Å². The molecule has 1 aromatic rings. The lowest BCUT2D eigenvalue weighted by Gasteiger charge is -2.63. The number of Topliss-reactive ketones (excluding diaryl/α,β-unsaturated/α-hetero) is 3. The van der Waals surface area contributed by atoms with Crippen molar-refractivity contribution in [3.05, 3.63) is 64.0 Å². The number of carbonyl (C=O) groups is 3. The lowest BCUT2D eigenvalue weighted by Crippen LogP contribution is -2.75. The van der Waals surface area contributed by atoms with Crippen LogP contribution in [0.3, 0.4) is 0 Å². The highest BCUT2D eigenvalue weighted by Gasteiger charge is 2.77. The molecule has 5 N–H and O–H groups in total. The van der Waals surface area contributed by atoms with Gasteiger partial charge in [-0.1, -0.05) is 58.9 Å². The molecule has 0 spiro atoms. The number of aromatic hydroxyl groups is 1. The van der Waals surface area contributed by atoms with Gasteiger partial charge >= 0.3 is 0 Å². The van der Waals surface area contributed by atoms with Gasteiger partial charge in [-0.3, -0.25) is 14.4 Å². The number of phenols is 1. The van der Waals surface area contributed by atoms with Crippen LogP contribution in [0.2, 0.25) is 0 Å². The van der Waals surface area contributed by atoms with E-state index in [1.165, 1.54) is 13.0 Å². The second-order valence-electron chi connectivity index (χ2n) is 12.1. The third-order valence-electron chi connectivity index (χ3n) is 9.93. The summed E-state index contributed by atoms with van der Waals surface area (Å²) in [6.45, 7) is 9.19. The first-order chi connectivity index (χ1) is 18.1. The molecule has 1 saturated carbocycles. The fourth-order valence-electron chi connectivity index (χ4n) is 7.92. The van der Waals surface area contributed by atoms with Crippen molar-refractivity contribution in [3.63, 3.8) is 0 Å². The average Bonchev–Trinajstić information content (AvgIpc) is 3.39. The maximum atomic E-state index is 14.4. The van der Waals surface area contributed by atoms with E-state index in [0.29, 0.717) is 12.0 Å². The third kappa shape index (κ3) is 2.93. The summed E-state index contributed by atoms with van der Waals surface area (Å²) >= 11 is 0. The van der Waals surface area contributed by atoms with E-state index >= 15 is 0 Å². The molecule has 0 aromatic heterocycles. The van der Waals surface area contributed by atoms with E-state index < -0.39 is 74.7 Å². The van der Waals surface area contributed by atoms with Gasteiger partial charge < -0.3 is 25.5 Å².